The molecule has 2 N–H and O–H groups in total. The average molecular weight is 516 g/mol. The number of guanidine groups is 1. The van der Waals surface area contributed by atoms with Gasteiger partial charge in [-0.2, -0.15) is 0 Å². The van der Waals surface area contributed by atoms with E-state index in [0.29, 0.717) is 13.2 Å². The molecule has 0 atom stereocenters. The lowest BCUT2D eigenvalue weighted by atomic mass is 9.80. The summed E-state index contributed by atoms with van der Waals surface area (Å²) in [5.74, 6) is 0.863. The molecule has 2 fully saturated rings. The van der Waals surface area contributed by atoms with Gasteiger partial charge in [-0.25, -0.2) is 0 Å². The van der Waals surface area contributed by atoms with Crippen molar-refractivity contribution in [3.63, 3.8) is 0 Å². The molecule has 7 heteroatoms. The van der Waals surface area contributed by atoms with Crippen LogP contribution in [0.4, 0.5) is 0 Å². The fourth-order valence-corrected chi connectivity index (χ4v) is 4.33. The SMILES string of the molecule is CN=C(NCCOCc1ccccc1)NCC1(N2CCOCC2)CCCCC1.I. The Morgan fingerprint density at radius 2 is 1.83 bits per heavy atom. The van der Waals surface area contributed by atoms with Crippen molar-refractivity contribution in [2.24, 2.45) is 4.99 Å². The molecule has 0 bridgehead atoms. The van der Waals surface area contributed by atoms with Gasteiger partial charge in [0.25, 0.3) is 0 Å². The normalized spacial score (nSPS) is 20.0. The molecule has 1 aromatic carbocycles. The summed E-state index contributed by atoms with van der Waals surface area (Å²) < 4.78 is 11.3. The highest BCUT2D eigenvalue weighted by atomic mass is 127. The number of hydrogen-bond acceptors (Lipinski definition) is 4. The van der Waals surface area contributed by atoms with E-state index in [4.69, 9.17) is 9.47 Å². The molecule has 2 aliphatic rings. The maximum absolute atomic E-state index is 5.76. The summed E-state index contributed by atoms with van der Waals surface area (Å²) in [5, 5.41) is 6.97. The van der Waals surface area contributed by atoms with Crippen molar-refractivity contribution in [2.75, 3.05) is 53.0 Å². The van der Waals surface area contributed by atoms with Gasteiger partial charge < -0.3 is 20.1 Å². The van der Waals surface area contributed by atoms with Crippen LogP contribution in [0.15, 0.2) is 35.3 Å². The minimum absolute atomic E-state index is 0. The lowest BCUT2D eigenvalue weighted by Gasteiger charge is -2.48. The average Bonchev–Trinajstić information content (AvgIpc) is 2.77. The molecule has 1 heterocycles. The lowest BCUT2D eigenvalue weighted by molar-refractivity contribution is -0.0352. The van der Waals surface area contributed by atoms with E-state index in [1.165, 1.54) is 37.7 Å². The molecule has 1 saturated carbocycles. The molecule has 6 nitrogen and oxygen atoms in total. The third-order valence-electron chi connectivity index (χ3n) is 5.93. The molecule has 29 heavy (non-hydrogen) atoms. The van der Waals surface area contributed by atoms with Gasteiger partial charge in [0, 0.05) is 38.8 Å². The van der Waals surface area contributed by atoms with Crippen molar-refractivity contribution in [3.8, 4) is 0 Å². The van der Waals surface area contributed by atoms with Crippen molar-refractivity contribution < 1.29 is 9.47 Å². The summed E-state index contributed by atoms with van der Waals surface area (Å²) >= 11 is 0. The standard InChI is InChI=1S/C22H36N4O2.HI/c1-23-21(24-12-15-28-18-20-8-4-2-5-9-20)25-19-22(10-6-3-7-11-22)26-13-16-27-17-14-26;/h2,4-5,8-9H,3,6-7,10-19H2,1H3,(H2,23,24,25);1H. The van der Waals surface area contributed by atoms with Crippen molar-refractivity contribution in [1.29, 1.82) is 0 Å². The van der Waals surface area contributed by atoms with Gasteiger partial charge in [0.1, 0.15) is 0 Å². The third-order valence-corrected chi connectivity index (χ3v) is 5.93. The van der Waals surface area contributed by atoms with Gasteiger partial charge in [-0.1, -0.05) is 49.6 Å². The van der Waals surface area contributed by atoms with Gasteiger partial charge in [-0.3, -0.25) is 9.89 Å². The second-order valence-corrected chi connectivity index (χ2v) is 7.78. The Hall–Kier alpha value is -0.900. The summed E-state index contributed by atoms with van der Waals surface area (Å²) in [6, 6.07) is 10.3. The third kappa shape index (κ3) is 7.70. The summed E-state index contributed by atoms with van der Waals surface area (Å²) in [6.45, 7) is 6.79. The molecule has 0 amide bonds. The number of nitrogens with one attached hydrogen (secondary N) is 2. The van der Waals surface area contributed by atoms with Gasteiger partial charge in [-0.15, -0.1) is 24.0 Å². The van der Waals surface area contributed by atoms with Crippen molar-refractivity contribution in [3.05, 3.63) is 35.9 Å². The quantitative estimate of drug-likeness (QED) is 0.241. The van der Waals surface area contributed by atoms with Crippen LogP contribution in [0.2, 0.25) is 0 Å². The first-order chi connectivity index (χ1) is 13.8. The lowest BCUT2D eigenvalue weighted by Crippen LogP contribution is -2.60. The van der Waals surface area contributed by atoms with E-state index in [0.717, 1.165) is 45.4 Å². The molecule has 164 valence electrons. The van der Waals surface area contributed by atoms with Crippen LogP contribution in [0.5, 0.6) is 0 Å². The van der Waals surface area contributed by atoms with E-state index in [2.05, 4.69) is 32.7 Å². The zero-order valence-corrected chi connectivity index (χ0v) is 20.0. The van der Waals surface area contributed by atoms with Crippen molar-refractivity contribution in [1.82, 2.24) is 15.5 Å². The van der Waals surface area contributed by atoms with Crippen LogP contribution in [0.1, 0.15) is 37.7 Å². The summed E-state index contributed by atoms with van der Waals surface area (Å²) in [5.41, 5.74) is 1.44. The second kappa shape index (κ2) is 13.4. The molecule has 1 aliphatic heterocycles. The fourth-order valence-electron chi connectivity index (χ4n) is 4.33. The highest BCUT2D eigenvalue weighted by Crippen LogP contribution is 2.33. The van der Waals surface area contributed by atoms with Crippen molar-refractivity contribution >= 4 is 29.9 Å². The molecular formula is C22H37IN4O2. The first kappa shape index (κ1) is 24.4. The Morgan fingerprint density at radius 1 is 1.10 bits per heavy atom. The van der Waals surface area contributed by atoms with Crippen LogP contribution >= 0.6 is 24.0 Å². The predicted octanol–water partition coefficient (Wildman–Crippen LogP) is 3.02. The van der Waals surface area contributed by atoms with Crippen LogP contribution in [-0.4, -0.2) is 69.4 Å². The van der Waals surface area contributed by atoms with E-state index in [-0.39, 0.29) is 29.5 Å². The highest BCUT2D eigenvalue weighted by molar-refractivity contribution is 14.0. The van der Waals surface area contributed by atoms with Gasteiger partial charge >= 0.3 is 0 Å². The molecule has 0 aromatic heterocycles. The smallest absolute Gasteiger partial charge is 0.191 e. The van der Waals surface area contributed by atoms with E-state index < -0.39 is 0 Å². The molecule has 1 aromatic rings. The number of morpholine rings is 1. The second-order valence-electron chi connectivity index (χ2n) is 7.78. The van der Waals surface area contributed by atoms with Gasteiger partial charge in [0.15, 0.2) is 5.96 Å². The van der Waals surface area contributed by atoms with E-state index in [1.807, 2.05) is 25.2 Å². The van der Waals surface area contributed by atoms with Crippen LogP contribution in [-0.2, 0) is 16.1 Å². The number of halogens is 1. The van der Waals surface area contributed by atoms with Crippen LogP contribution in [0.25, 0.3) is 0 Å². The Bertz CT molecular complexity index is 588. The Kier molecular flexibility index (Phi) is 11.3. The first-order valence-electron chi connectivity index (χ1n) is 10.7. The minimum Gasteiger partial charge on any atom is -0.379 e. The maximum Gasteiger partial charge on any atom is 0.191 e. The van der Waals surface area contributed by atoms with Crippen LogP contribution < -0.4 is 10.6 Å². The molecule has 0 radical (unpaired) electrons. The van der Waals surface area contributed by atoms with Gasteiger partial charge in [0.2, 0.25) is 0 Å². The Balaban J connectivity index is 0.00000300. The zero-order valence-electron chi connectivity index (χ0n) is 17.7. The molecular weight excluding hydrogens is 479 g/mol. The number of aliphatic imine (C=N–C) groups is 1. The topological polar surface area (TPSA) is 58.1 Å². The fraction of sp³-hybridized carbons (Fsp3) is 0.682. The van der Waals surface area contributed by atoms with E-state index >= 15 is 0 Å². The largest absolute Gasteiger partial charge is 0.379 e. The number of nitrogens with zero attached hydrogens (tertiary/aromatic N) is 2. The molecule has 0 unspecified atom stereocenters. The van der Waals surface area contributed by atoms with Crippen molar-refractivity contribution in [2.45, 2.75) is 44.2 Å². The van der Waals surface area contributed by atoms with E-state index in [9.17, 15) is 0 Å². The zero-order chi connectivity index (χ0) is 19.5. The molecule has 0 spiro atoms. The number of benzene rings is 1. The first-order valence-corrected chi connectivity index (χ1v) is 10.7. The summed E-state index contributed by atoms with van der Waals surface area (Å²) in [7, 11) is 1.84. The summed E-state index contributed by atoms with van der Waals surface area (Å²) in [6.07, 6.45) is 6.52. The van der Waals surface area contributed by atoms with Gasteiger partial charge in [-0.05, 0) is 18.4 Å². The number of rotatable bonds is 8. The number of ether oxygens (including phenoxy) is 2. The molecule has 3 rings (SSSR count). The maximum atomic E-state index is 5.76. The predicted molar refractivity (Wildman–Crippen MR) is 129 cm³/mol. The Morgan fingerprint density at radius 3 is 2.52 bits per heavy atom. The monoisotopic (exact) mass is 516 g/mol. The van der Waals surface area contributed by atoms with Gasteiger partial charge in [0.05, 0.1) is 26.4 Å². The molecule has 1 saturated heterocycles. The minimum atomic E-state index is 0. The van der Waals surface area contributed by atoms with E-state index in [1.54, 1.807) is 0 Å². The van der Waals surface area contributed by atoms with Crippen LogP contribution in [0, 0.1) is 0 Å². The Labute approximate surface area is 192 Å². The summed E-state index contributed by atoms with van der Waals surface area (Å²) in [4.78, 5) is 7.05. The van der Waals surface area contributed by atoms with Crippen LogP contribution in [0.3, 0.4) is 0 Å². The number of hydrogen-bond donors (Lipinski definition) is 2. The molecule has 1 aliphatic carbocycles. The highest BCUT2D eigenvalue weighted by Gasteiger charge is 2.38.